The number of hydrogen-bond acceptors (Lipinski definition) is 4. The van der Waals surface area contributed by atoms with Crippen LogP contribution in [-0.2, 0) is 4.74 Å². The highest BCUT2D eigenvalue weighted by Crippen LogP contribution is 2.29. The Morgan fingerprint density at radius 3 is 2.46 bits per heavy atom. The molecule has 2 aromatic carbocycles. The third kappa shape index (κ3) is 3.36. The van der Waals surface area contributed by atoms with Crippen molar-refractivity contribution in [2.24, 2.45) is 0 Å². The molecule has 0 saturated heterocycles. The summed E-state index contributed by atoms with van der Waals surface area (Å²) in [5, 5.41) is 4.79. The third-order valence-corrected chi connectivity index (χ3v) is 4.43. The zero-order chi connectivity index (χ0) is 16.9. The lowest BCUT2D eigenvalue weighted by atomic mass is 10.1. The van der Waals surface area contributed by atoms with Crippen molar-refractivity contribution in [3.05, 3.63) is 77.2 Å². The summed E-state index contributed by atoms with van der Waals surface area (Å²) >= 11 is 1.59. The van der Waals surface area contributed by atoms with Crippen LogP contribution in [0.1, 0.15) is 20.7 Å². The van der Waals surface area contributed by atoms with Crippen molar-refractivity contribution in [3.8, 4) is 10.4 Å². The van der Waals surface area contributed by atoms with E-state index in [1.165, 1.54) is 7.11 Å². The van der Waals surface area contributed by atoms with Crippen LogP contribution in [0.3, 0.4) is 0 Å². The van der Waals surface area contributed by atoms with Crippen molar-refractivity contribution in [1.82, 2.24) is 0 Å². The zero-order valence-electron chi connectivity index (χ0n) is 13.0. The van der Waals surface area contributed by atoms with Gasteiger partial charge in [-0.2, -0.15) is 0 Å². The molecule has 1 N–H and O–H groups in total. The molecular weight excluding hydrogens is 322 g/mol. The molecule has 0 aliphatic carbocycles. The van der Waals surface area contributed by atoms with Gasteiger partial charge in [-0.25, -0.2) is 4.79 Å². The molecular formula is C19H15NO3S. The lowest BCUT2D eigenvalue weighted by molar-refractivity contribution is 0.0602. The topological polar surface area (TPSA) is 55.4 Å². The Labute approximate surface area is 143 Å². The van der Waals surface area contributed by atoms with Crippen molar-refractivity contribution in [2.75, 3.05) is 12.4 Å². The van der Waals surface area contributed by atoms with Gasteiger partial charge in [0.15, 0.2) is 0 Å². The number of carbonyl (C=O) groups excluding carboxylic acids is 2. The normalized spacial score (nSPS) is 10.2. The first kappa shape index (κ1) is 16.0. The number of carbonyl (C=O) groups is 2. The van der Waals surface area contributed by atoms with E-state index < -0.39 is 5.97 Å². The molecule has 0 spiro atoms. The number of hydrogen-bond donors (Lipinski definition) is 1. The highest BCUT2D eigenvalue weighted by atomic mass is 32.1. The lowest BCUT2D eigenvalue weighted by Gasteiger charge is -2.11. The van der Waals surface area contributed by atoms with E-state index in [9.17, 15) is 9.59 Å². The summed E-state index contributed by atoms with van der Waals surface area (Å²) in [7, 11) is 1.32. The Hall–Kier alpha value is -2.92. The maximum Gasteiger partial charge on any atom is 0.339 e. The number of thiophene rings is 1. The van der Waals surface area contributed by atoms with E-state index >= 15 is 0 Å². The smallest absolute Gasteiger partial charge is 0.339 e. The minimum absolute atomic E-state index is 0.274. The molecule has 0 aliphatic rings. The molecule has 4 nitrogen and oxygen atoms in total. The number of benzene rings is 2. The van der Waals surface area contributed by atoms with Crippen LogP contribution in [0, 0.1) is 0 Å². The summed E-state index contributed by atoms with van der Waals surface area (Å²) in [5.74, 6) is -0.764. The highest BCUT2D eigenvalue weighted by molar-refractivity contribution is 7.13. The molecule has 3 aromatic rings. The van der Waals surface area contributed by atoms with Gasteiger partial charge in [-0.1, -0.05) is 30.3 Å². The van der Waals surface area contributed by atoms with Crippen molar-refractivity contribution in [1.29, 1.82) is 0 Å². The predicted molar refractivity (Wildman–Crippen MR) is 95.5 cm³/mol. The fourth-order valence-corrected chi connectivity index (χ4v) is 3.04. The summed E-state index contributed by atoms with van der Waals surface area (Å²) in [4.78, 5) is 25.5. The molecule has 0 aliphatic heterocycles. The zero-order valence-corrected chi connectivity index (χ0v) is 13.8. The SMILES string of the molecule is COC(=O)c1ccc(-c2cccs2)cc1NC(=O)c1ccccc1. The maximum atomic E-state index is 12.4. The first-order valence-corrected chi connectivity index (χ1v) is 8.19. The van der Waals surface area contributed by atoms with Gasteiger partial charge in [-0.05, 0) is 41.3 Å². The summed E-state index contributed by atoms with van der Waals surface area (Å²) < 4.78 is 4.81. The second kappa shape index (κ2) is 7.10. The fourth-order valence-electron chi connectivity index (χ4n) is 2.32. The monoisotopic (exact) mass is 337 g/mol. The Balaban J connectivity index is 1.98. The van der Waals surface area contributed by atoms with Crippen molar-refractivity contribution >= 4 is 28.9 Å². The average molecular weight is 337 g/mol. The van der Waals surface area contributed by atoms with Gasteiger partial charge in [0.1, 0.15) is 0 Å². The van der Waals surface area contributed by atoms with Gasteiger partial charge in [0.2, 0.25) is 0 Å². The number of esters is 1. The van der Waals surface area contributed by atoms with Crippen LogP contribution < -0.4 is 5.32 Å². The van der Waals surface area contributed by atoms with Crippen LogP contribution in [0.2, 0.25) is 0 Å². The lowest BCUT2D eigenvalue weighted by Crippen LogP contribution is -2.15. The first-order chi connectivity index (χ1) is 11.7. The molecule has 24 heavy (non-hydrogen) atoms. The van der Waals surface area contributed by atoms with Crippen LogP contribution in [-0.4, -0.2) is 19.0 Å². The van der Waals surface area contributed by atoms with Gasteiger partial charge in [0, 0.05) is 10.4 Å². The number of methoxy groups -OCH3 is 1. The van der Waals surface area contributed by atoms with Crippen molar-refractivity contribution in [3.63, 3.8) is 0 Å². The third-order valence-electron chi connectivity index (χ3n) is 3.51. The Morgan fingerprint density at radius 2 is 1.79 bits per heavy atom. The van der Waals surface area contributed by atoms with Gasteiger partial charge < -0.3 is 10.1 Å². The molecule has 3 rings (SSSR count). The predicted octanol–water partition coefficient (Wildman–Crippen LogP) is 4.45. The van der Waals surface area contributed by atoms with Gasteiger partial charge in [-0.15, -0.1) is 11.3 Å². The minimum Gasteiger partial charge on any atom is -0.465 e. The average Bonchev–Trinajstić information content (AvgIpc) is 3.16. The van der Waals surface area contributed by atoms with E-state index in [0.717, 1.165) is 10.4 Å². The summed E-state index contributed by atoms with van der Waals surface area (Å²) in [6, 6.07) is 18.1. The van der Waals surface area contributed by atoms with Crippen LogP contribution in [0.25, 0.3) is 10.4 Å². The van der Waals surface area contributed by atoms with Crippen molar-refractivity contribution < 1.29 is 14.3 Å². The van der Waals surface area contributed by atoms with Gasteiger partial charge in [-0.3, -0.25) is 4.79 Å². The second-order valence-electron chi connectivity index (χ2n) is 5.05. The quantitative estimate of drug-likeness (QED) is 0.715. The molecule has 0 saturated carbocycles. The maximum absolute atomic E-state index is 12.4. The highest BCUT2D eigenvalue weighted by Gasteiger charge is 2.16. The Bertz CT molecular complexity index is 858. The van der Waals surface area contributed by atoms with E-state index in [1.807, 2.05) is 29.6 Å². The minimum atomic E-state index is -0.490. The molecule has 5 heteroatoms. The van der Waals surface area contributed by atoms with Crippen LogP contribution in [0.5, 0.6) is 0 Å². The van der Waals surface area contributed by atoms with E-state index in [4.69, 9.17) is 4.74 Å². The number of nitrogens with one attached hydrogen (secondary N) is 1. The van der Waals surface area contributed by atoms with E-state index in [0.29, 0.717) is 16.8 Å². The van der Waals surface area contributed by atoms with Crippen LogP contribution in [0.15, 0.2) is 66.0 Å². The molecule has 0 unspecified atom stereocenters. The number of rotatable bonds is 4. The summed E-state index contributed by atoms with van der Waals surface area (Å²) in [6.45, 7) is 0. The number of anilines is 1. The van der Waals surface area contributed by atoms with Gasteiger partial charge >= 0.3 is 5.97 Å². The van der Waals surface area contributed by atoms with Gasteiger partial charge in [0.05, 0.1) is 18.4 Å². The fraction of sp³-hybridized carbons (Fsp3) is 0.0526. The molecule has 1 heterocycles. The van der Waals surface area contributed by atoms with E-state index in [-0.39, 0.29) is 5.91 Å². The molecule has 120 valence electrons. The first-order valence-electron chi connectivity index (χ1n) is 7.31. The largest absolute Gasteiger partial charge is 0.465 e. The van der Waals surface area contributed by atoms with Crippen molar-refractivity contribution in [2.45, 2.75) is 0 Å². The standard InChI is InChI=1S/C19H15NO3S/c1-23-19(22)15-10-9-14(17-8-5-11-24-17)12-16(15)20-18(21)13-6-3-2-4-7-13/h2-12H,1H3,(H,20,21). The Morgan fingerprint density at radius 1 is 1.00 bits per heavy atom. The molecule has 0 fully saturated rings. The Kier molecular flexibility index (Phi) is 4.72. The molecule has 1 amide bonds. The van der Waals surface area contributed by atoms with Crippen LogP contribution >= 0.6 is 11.3 Å². The van der Waals surface area contributed by atoms with E-state index in [2.05, 4.69) is 5.32 Å². The molecule has 0 radical (unpaired) electrons. The molecule has 1 aromatic heterocycles. The number of ether oxygens (including phenoxy) is 1. The number of amides is 1. The van der Waals surface area contributed by atoms with Crippen LogP contribution in [0.4, 0.5) is 5.69 Å². The van der Waals surface area contributed by atoms with Gasteiger partial charge in [0.25, 0.3) is 5.91 Å². The molecule has 0 bridgehead atoms. The second-order valence-corrected chi connectivity index (χ2v) is 6.00. The molecule has 0 atom stereocenters. The summed E-state index contributed by atoms with van der Waals surface area (Å²) in [6.07, 6.45) is 0. The summed E-state index contributed by atoms with van der Waals surface area (Å²) in [5.41, 5.74) is 2.21. The van der Waals surface area contributed by atoms with E-state index in [1.54, 1.807) is 47.7 Å².